The van der Waals surface area contributed by atoms with E-state index >= 15 is 0 Å². The predicted octanol–water partition coefficient (Wildman–Crippen LogP) is 0.734. The van der Waals surface area contributed by atoms with E-state index in [-0.39, 0.29) is 10.8 Å². The Hall–Kier alpha value is -1.40. The summed E-state index contributed by atoms with van der Waals surface area (Å²) in [6, 6.07) is 5.90. The molecule has 2 N–H and O–H groups in total. The quantitative estimate of drug-likeness (QED) is 0.827. The van der Waals surface area contributed by atoms with Crippen molar-refractivity contribution in [1.29, 1.82) is 0 Å². The van der Waals surface area contributed by atoms with Crippen molar-refractivity contribution in [1.82, 2.24) is 10.0 Å². The van der Waals surface area contributed by atoms with Gasteiger partial charge in [0.15, 0.2) is 0 Å². The van der Waals surface area contributed by atoms with Crippen LogP contribution in [0.15, 0.2) is 29.2 Å². The minimum Gasteiger partial charge on any atom is -0.355 e. The minimum atomic E-state index is -3.45. The Kier molecular flexibility index (Phi) is 3.68. The van der Waals surface area contributed by atoms with Gasteiger partial charge in [0.25, 0.3) is 5.91 Å². The van der Waals surface area contributed by atoms with E-state index in [4.69, 9.17) is 0 Å². The zero-order valence-electron chi connectivity index (χ0n) is 10.1. The summed E-state index contributed by atoms with van der Waals surface area (Å²) in [5, 5.41) is 2.48. The van der Waals surface area contributed by atoms with E-state index in [9.17, 15) is 13.2 Å². The van der Waals surface area contributed by atoms with Crippen LogP contribution in [0.3, 0.4) is 0 Å². The van der Waals surface area contributed by atoms with Crippen LogP contribution >= 0.6 is 0 Å². The highest BCUT2D eigenvalue weighted by Gasteiger charge is 2.24. The summed E-state index contributed by atoms with van der Waals surface area (Å²) in [6.45, 7) is 0.500. The highest BCUT2D eigenvalue weighted by molar-refractivity contribution is 7.89. The van der Waals surface area contributed by atoms with Crippen LogP contribution in [0.5, 0.6) is 0 Å². The van der Waals surface area contributed by atoms with Gasteiger partial charge in [-0.25, -0.2) is 13.1 Å². The second kappa shape index (κ2) is 5.07. The molecule has 1 amide bonds. The third kappa shape index (κ3) is 3.08. The van der Waals surface area contributed by atoms with Gasteiger partial charge in [0.05, 0.1) is 4.90 Å². The average Bonchev–Trinajstić information content (AvgIpc) is 3.20. The lowest BCUT2D eigenvalue weighted by atomic mass is 10.2. The third-order valence-electron chi connectivity index (χ3n) is 2.91. The molecule has 0 unspecified atom stereocenters. The summed E-state index contributed by atoms with van der Waals surface area (Å²) in [5.74, 6) is 0.259. The van der Waals surface area contributed by atoms with E-state index in [1.165, 1.54) is 31.3 Å². The molecular formula is C12H16N2O3S. The number of benzene rings is 1. The molecular weight excluding hydrogens is 252 g/mol. The van der Waals surface area contributed by atoms with Crippen molar-refractivity contribution >= 4 is 15.9 Å². The SMILES string of the molecule is CNC(=O)c1ccc(S(=O)(=O)NCC2CC2)cc1. The molecule has 0 aliphatic heterocycles. The van der Waals surface area contributed by atoms with Crippen molar-refractivity contribution in [2.24, 2.45) is 5.92 Å². The second-order valence-corrected chi connectivity index (χ2v) is 6.17. The lowest BCUT2D eigenvalue weighted by Gasteiger charge is -2.06. The Bertz CT molecular complexity index is 533. The summed E-state index contributed by atoms with van der Waals surface area (Å²) in [7, 11) is -1.91. The Morgan fingerprint density at radius 3 is 2.39 bits per heavy atom. The third-order valence-corrected chi connectivity index (χ3v) is 4.35. The molecule has 1 saturated carbocycles. The minimum absolute atomic E-state index is 0.191. The number of sulfonamides is 1. The molecule has 0 atom stereocenters. The monoisotopic (exact) mass is 268 g/mol. The van der Waals surface area contributed by atoms with E-state index in [0.29, 0.717) is 18.0 Å². The highest BCUT2D eigenvalue weighted by atomic mass is 32.2. The van der Waals surface area contributed by atoms with Crippen molar-refractivity contribution < 1.29 is 13.2 Å². The van der Waals surface area contributed by atoms with E-state index < -0.39 is 10.0 Å². The summed E-state index contributed by atoms with van der Waals surface area (Å²) in [6.07, 6.45) is 2.19. The normalized spacial score (nSPS) is 15.4. The molecule has 18 heavy (non-hydrogen) atoms. The van der Waals surface area contributed by atoms with Gasteiger partial charge in [-0.05, 0) is 43.0 Å². The lowest BCUT2D eigenvalue weighted by Crippen LogP contribution is -2.26. The van der Waals surface area contributed by atoms with Gasteiger partial charge < -0.3 is 5.32 Å². The molecule has 0 saturated heterocycles. The molecule has 0 aromatic heterocycles. The molecule has 2 rings (SSSR count). The standard InChI is InChI=1S/C12H16N2O3S/c1-13-12(15)10-4-6-11(7-5-10)18(16,17)14-8-9-2-3-9/h4-7,9,14H,2-3,8H2,1H3,(H,13,15). The van der Waals surface area contributed by atoms with Crippen molar-refractivity contribution in [3.8, 4) is 0 Å². The number of nitrogens with one attached hydrogen (secondary N) is 2. The van der Waals surface area contributed by atoms with Crippen molar-refractivity contribution in [3.63, 3.8) is 0 Å². The van der Waals surface area contributed by atoms with E-state index in [0.717, 1.165) is 12.8 Å². The van der Waals surface area contributed by atoms with E-state index in [2.05, 4.69) is 10.0 Å². The first-order chi connectivity index (χ1) is 8.53. The zero-order chi connectivity index (χ0) is 13.2. The molecule has 1 fully saturated rings. The average molecular weight is 268 g/mol. The fourth-order valence-electron chi connectivity index (χ4n) is 1.56. The van der Waals surface area contributed by atoms with Gasteiger partial charge in [0.1, 0.15) is 0 Å². The van der Waals surface area contributed by atoms with Gasteiger partial charge in [-0.2, -0.15) is 0 Å². The fourth-order valence-corrected chi connectivity index (χ4v) is 2.68. The maximum atomic E-state index is 11.9. The zero-order valence-corrected chi connectivity index (χ0v) is 11.0. The summed E-state index contributed by atoms with van der Waals surface area (Å²) >= 11 is 0. The van der Waals surface area contributed by atoms with Crippen LogP contribution in [0.1, 0.15) is 23.2 Å². The largest absolute Gasteiger partial charge is 0.355 e. The first-order valence-corrected chi connectivity index (χ1v) is 7.33. The smallest absolute Gasteiger partial charge is 0.251 e. The molecule has 5 nitrogen and oxygen atoms in total. The first kappa shape index (κ1) is 13.0. The molecule has 98 valence electrons. The van der Waals surface area contributed by atoms with Crippen LogP contribution in [0.2, 0.25) is 0 Å². The van der Waals surface area contributed by atoms with Crippen LogP contribution in [-0.2, 0) is 10.0 Å². The van der Waals surface area contributed by atoms with Crippen LogP contribution in [0, 0.1) is 5.92 Å². The highest BCUT2D eigenvalue weighted by Crippen LogP contribution is 2.28. The van der Waals surface area contributed by atoms with Crippen LogP contribution < -0.4 is 10.0 Å². The lowest BCUT2D eigenvalue weighted by molar-refractivity contribution is 0.0963. The molecule has 0 spiro atoms. The molecule has 1 aromatic carbocycles. The molecule has 1 aliphatic carbocycles. The Morgan fingerprint density at radius 1 is 1.28 bits per heavy atom. The fraction of sp³-hybridized carbons (Fsp3) is 0.417. The molecule has 0 radical (unpaired) electrons. The maximum Gasteiger partial charge on any atom is 0.251 e. The predicted molar refractivity (Wildman–Crippen MR) is 67.7 cm³/mol. The van der Waals surface area contributed by atoms with Crippen molar-refractivity contribution in [2.75, 3.05) is 13.6 Å². The molecule has 0 heterocycles. The number of carbonyl (C=O) groups is 1. The van der Waals surface area contributed by atoms with Crippen LogP contribution in [0.4, 0.5) is 0 Å². The second-order valence-electron chi connectivity index (χ2n) is 4.40. The Balaban J connectivity index is 2.09. The number of hydrogen-bond acceptors (Lipinski definition) is 3. The number of rotatable bonds is 5. The van der Waals surface area contributed by atoms with Crippen molar-refractivity contribution in [3.05, 3.63) is 29.8 Å². The maximum absolute atomic E-state index is 11.9. The number of amides is 1. The van der Waals surface area contributed by atoms with Gasteiger partial charge in [-0.1, -0.05) is 0 Å². The van der Waals surface area contributed by atoms with Crippen molar-refractivity contribution in [2.45, 2.75) is 17.7 Å². The Labute approximate surface area is 107 Å². The Morgan fingerprint density at radius 2 is 1.89 bits per heavy atom. The molecule has 1 aromatic rings. The van der Waals surface area contributed by atoms with Gasteiger partial charge in [-0.3, -0.25) is 4.79 Å². The topological polar surface area (TPSA) is 75.3 Å². The first-order valence-electron chi connectivity index (χ1n) is 5.85. The van der Waals surface area contributed by atoms with Gasteiger partial charge >= 0.3 is 0 Å². The molecule has 1 aliphatic rings. The summed E-state index contributed by atoms with van der Waals surface area (Å²) in [5.41, 5.74) is 0.443. The van der Waals surface area contributed by atoms with E-state index in [1.54, 1.807) is 0 Å². The molecule has 6 heteroatoms. The number of hydrogen-bond donors (Lipinski definition) is 2. The number of carbonyl (C=O) groups excluding carboxylic acids is 1. The van der Waals surface area contributed by atoms with Gasteiger partial charge in [-0.15, -0.1) is 0 Å². The van der Waals surface area contributed by atoms with E-state index in [1.807, 2.05) is 0 Å². The molecule has 0 bridgehead atoms. The van der Waals surface area contributed by atoms with Crippen LogP contribution in [-0.4, -0.2) is 27.9 Å². The van der Waals surface area contributed by atoms with Crippen LogP contribution in [0.25, 0.3) is 0 Å². The summed E-state index contributed by atoms with van der Waals surface area (Å²) in [4.78, 5) is 11.5. The summed E-state index contributed by atoms with van der Waals surface area (Å²) < 4.78 is 26.4. The van der Waals surface area contributed by atoms with Gasteiger partial charge in [0, 0.05) is 19.2 Å². The van der Waals surface area contributed by atoms with Gasteiger partial charge in [0.2, 0.25) is 10.0 Å².